The summed E-state index contributed by atoms with van der Waals surface area (Å²) in [5, 5.41) is 3.47. The van der Waals surface area contributed by atoms with Gasteiger partial charge in [-0.1, -0.05) is 11.6 Å². The monoisotopic (exact) mass is 256 g/mol. The smallest absolute Gasteiger partial charge is 0.256 e. The Morgan fingerprint density at radius 2 is 2.35 bits per heavy atom. The Balaban J connectivity index is 2.18. The zero-order valence-corrected chi connectivity index (χ0v) is 10.3. The first kappa shape index (κ1) is 12.3. The van der Waals surface area contributed by atoms with Crippen LogP contribution in [0.4, 0.5) is 4.39 Å². The zero-order valence-electron chi connectivity index (χ0n) is 9.54. The largest absolute Gasteiger partial charge is 0.337 e. The SMILES string of the molecule is CN(C(=O)c1ccc(Cl)cc1F)[C@@H]1CCNC1. The molecule has 0 spiro atoms. The van der Waals surface area contributed by atoms with Crippen molar-refractivity contribution >= 4 is 17.5 Å². The highest BCUT2D eigenvalue weighted by atomic mass is 35.5. The van der Waals surface area contributed by atoms with Gasteiger partial charge in [-0.2, -0.15) is 0 Å². The molecule has 1 aliphatic rings. The molecular formula is C12H14ClFN2O. The number of likely N-dealkylation sites (N-methyl/N-ethyl adjacent to an activating group) is 1. The van der Waals surface area contributed by atoms with Crippen LogP contribution >= 0.6 is 11.6 Å². The second-order valence-electron chi connectivity index (χ2n) is 4.19. The predicted octanol–water partition coefficient (Wildman–Crippen LogP) is 1.91. The maximum Gasteiger partial charge on any atom is 0.256 e. The van der Waals surface area contributed by atoms with Crippen LogP contribution in [-0.4, -0.2) is 37.0 Å². The van der Waals surface area contributed by atoms with E-state index < -0.39 is 5.82 Å². The molecule has 1 N–H and O–H groups in total. The van der Waals surface area contributed by atoms with E-state index in [-0.39, 0.29) is 17.5 Å². The van der Waals surface area contributed by atoms with E-state index in [2.05, 4.69) is 5.32 Å². The van der Waals surface area contributed by atoms with Crippen molar-refractivity contribution < 1.29 is 9.18 Å². The number of nitrogens with zero attached hydrogens (tertiary/aromatic N) is 1. The van der Waals surface area contributed by atoms with E-state index in [4.69, 9.17) is 11.6 Å². The Bertz CT molecular complexity index is 433. The highest BCUT2D eigenvalue weighted by Gasteiger charge is 2.25. The summed E-state index contributed by atoms with van der Waals surface area (Å²) in [4.78, 5) is 13.7. The van der Waals surface area contributed by atoms with Gasteiger partial charge in [-0.05, 0) is 31.2 Å². The first-order valence-corrected chi connectivity index (χ1v) is 5.90. The Kier molecular flexibility index (Phi) is 3.64. The molecule has 0 aliphatic carbocycles. The van der Waals surface area contributed by atoms with E-state index in [0.29, 0.717) is 5.02 Å². The molecule has 1 aromatic carbocycles. The number of hydrogen-bond acceptors (Lipinski definition) is 2. The fraction of sp³-hybridized carbons (Fsp3) is 0.417. The van der Waals surface area contributed by atoms with Crippen molar-refractivity contribution in [1.29, 1.82) is 0 Å². The minimum absolute atomic E-state index is 0.0730. The number of rotatable bonds is 2. The van der Waals surface area contributed by atoms with Crippen LogP contribution in [0.25, 0.3) is 0 Å². The Morgan fingerprint density at radius 3 is 2.94 bits per heavy atom. The number of nitrogens with one attached hydrogen (secondary N) is 1. The van der Waals surface area contributed by atoms with Gasteiger partial charge >= 0.3 is 0 Å². The molecule has 17 heavy (non-hydrogen) atoms. The van der Waals surface area contributed by atoms with Crippen molar-refractivity contribution in [3.8, 4) is 0 Å². The van der Waals surface area contributed by atoms with Crippen LogP contribution in [0, 0.1) is 5.82 Å². The molecule has 2 rings (SSSR count). The first-order valence-electron chi connectivity index (χ1n) is 5.52. The molecule has 0 bridgehead atoms. The number of carbonyl (C=O) groups is 1. The van der Waals surface area contributed by atoms with Crippen molar-refractivity contribution in [2.45, 2.75) is 12.5 Å². The van der Waals surface area contributed by atoms with Crippen LogP contribution in [0.5, 0.6) is 0 Å². The summed E-state index contributed by atoms with van der Waals surface area (Å²) in [5.74, 6) is -0.867. The van der Waals surface area contributed by atoms with Crippen LogP contribution in [0.3, 0.4) is 0 Å². The van der Waals surface area contributed by atoms with Crippen molar-refractivity contribution in [3.63, 3.8) is 0 Å². The number of hydrogen-bond donors (Lipinski definition) is 1. The summed E-state index contributed by atoms with van der Waals surface area (Å²) in [6, 6.07) is 4.25. The number of amides is 1. The minimum atomic E-state index is -0.569. The summed E-state index contributed by atoms with van der Waals surface area (Å²) < 4.78 is 13.6. The molecule has 1 saturated heterocycles. The lowest BCUT2D eigenvalue weighted by atomic mass is 10.1. The summed E-state index contributed by atoms with van der Waals surface area (Å²) in [5.41, 5.74) is 0.0730. The average molecular weight is 257 g/mol. The quantitative estimate of drug-likeness (QED) is 0.877. The molecule has 0 saturated carbocycles. The van der Waals surface area contributed by atoms with Crippen molar-refractivity contribution in [2.24, 2.45) is 0 Å². The van der Waals surface area contributed by atoms with Gasteiger partial charge in [0, 0.05) is 24.7 Å². The topological polar surface area (TPSA) is 32.3 Å². The molecule has 92 valence electrons. The van der Waals surface area contributed by atoms with E-state index in [9.17, 15) is 9.18 Å². The second-order valence-corrected chi connectivity index (χ2v) is 4.62. The lowest BCUT2D eigenvalue weighted by molar-refractivity contribution is 0.0739. The molecule has 1 aliphatic heterocycles. The number of benzene rings is 1. The first-order chi connectivity index (χ1) is 8.09. The molecule has 1 aromatic rings. The van der Waals surface area contributed by atoms with Gasteiger partial charge < -0.3 is 10.2 Å². The molecule has 5 heteroatoms. The third-order valence-corrected chi connectivity index (χ3v) is 3.30. The van der Waals surface area contributed by atoms with Gasteiger partial charge in [0.2, 0.25) is 0 Å². The van der Waals surface area contributed by atoms with Gasteiger partial charge in [0.15, 0.2) is 0 Å². The summed E-state index contributed by atoms with van der Waals surface area (Å²) >= 11 is 5.65. The highest BCUT2D eigenvalue weighted by molar-refractivity contribution is 6.30. The third-order valence-electron chi connectivity index (χ3n) is 3.06. The van der Waals surface area contributed by atoms with E-state index in [1.54, 1.807) is 11.9 Å². The molecule has 1 amide bonds. The van der Waals surface area contributed by atoms with Gasteiger partial charge in [-0.25, -0.2) is 4.39 Å². The number of carbonyl (C=O) groups excluding carboxylic acids is 1. The van der Waals surface area contributed by atoms with Gasteiger partial charge in [-0.15, -0.1) is 0 Å². The fourth-order valence-electron chi connectivity index (χ4n) is 1.99. The lowest BCUT2D eigenvalue weighted by Crippen LogP contribution is -2.38. The summed E-state index contributed by atoms with van der Waals surface area (Å²) in [7, 11) is 1.70. The van der Waals surface area contributed by atoms with Crippen LogP contribution in [0.15, 0.2) is 18.2 Å². The fourth-order valence-corrected chi connectivity index (χ4v) is 2.15. The van der Waals surface area contributed by atoms with E-state index in [1.165, 1.54) is 12.1 Å². The minimum Gasteiger partial charge on any atom is -0.337 e. The predicted molar refractivity (Wildman–Crippen MR) is 64.8 cm³/mol. The van der Waals surface area contributed by atoms with Crippen LogP contribution < -0.4 is 5.32 Å². The van der Waals surface area contributed by atoms with Gasteiger partial charge in [0.1, 0.15) is 5.82 Å². The van der Waals surface area contributed by atoms with Crippen LogP contribution in [-0.2, 0) is 0 Å². The molecule has 1 heterocycles. The van der Waals surface area contributed by atoms with Crippen LogP contribution in [0.2, 0.25) is 5.02 Å². The molecule has 0 radical (unpaired) electrons. The molecule has 1 atom stereocenters. The van der Waals surface area contributed by atoms with Crippen molar-refractivity contribution in [2.75, 3.05) is 20.1 Å². The molecular weight excluding hydrogens is 243 g/mol. The molecule has 0 aromatic heterocycles. The zero-order chi connectivity index (χ0) is 12.4. The van der Waals surface area contributed by atoms with Crippen LogP contribution in [0.1, 0.15) is 16.8 Å². The van der Waals surface area contributed by atoms with Gasteiger partial charge in [0.05, 0.1) is 5.56 Å². The maximum absolute atomic E-state index is 13.6. The Morgan fingerprint density at radius 1 is 1.59 bits per heavy atom. The highest BCUT2D eigenvalue weighted by Crippen LogP contribution is 2.18. The summed E-state index contributed by atoms with van der Waals surface area (Å²) in [6.45, 7) is 1.66. The van der Waals surface area contributed by atoms with Gasteiger partial charge in [0.25, 0.3) is 5.91 Å². The molecule has 0 unspecified atom stereocenters. The average Bonchev–Trinajstić information content (AvgIpc) is 2.80. The molecule has 3 nitrogen and oxygen atoms in total. The van der Waals surface area contributed by atoms with E-state index in [1.807, 2.05) is 0 Å². The van der Waals surface area contributed by atoms with E-state index >= 15 is 0 Å². The van der Waals surface area contributed by atoms with Crippen molar-refractivity contribution in [1.82, 2.24) is 10.2 Å². The maximum atomic E-state index is 13.6. The van der Waals surface area contributed by atoms with Gasteiger partial charge in [-0.3, -0.25) is 4.79 Å². The normalized spacial score (nSPS) is 19.4. The lowest BCUT2D eigenvalue weighted by Gasteiger charge is -2.24. The standard InChI is InChI=1S/C12H14ClFN2O/c1-16(9-4-5-15-7-9)12(17)10-3-2-8(13)6-11(10)14/h2-3,6,9,15H,4-5,7H2,1H3/t9-/m1/s1. The third kappa shape index (κ3) is 2.58. The summed E-state index contributed by atoms with van der Waals surface area (Å²) in [6.07, 6.45) is 0.900. The van der Waals surface area contributed by atoms with Crippen molar-refractivity contribution in [3.05, 3.63) is 34.6 Å². The Labute approximate surface area is 105 Å². The Hall–Kier alpha value is -1.13. The number of halogens is 2. The molecule has 1 fully saturated rings. The second kappa shape index (κ2) is 5.02. The van der Waals surface area contributed by atoms with E-state index in [0.717, 1.165) is 25.6 Å².